The van der Waals surface area contributed by atoms with Gasteiger partial charge in [-0.25, -0.2) is 16.8 Å². The third-order valence-electron chi connectivity index (χ3n) is 4.29. The summed E-state index contributed by atoms with van der Waals surface area (Å²) in [5.41, 5.74) is 0. The molecule has 2 fully saturated rings. The van der Waals surface area contributed by atoms with Crippen LogP contribution in [0.4, 0.5) is 0 Å². The van der Waals surface area contributed by atoms with Gasteiger partial charge in [0, 0.05) is 26.2 Å². The Hall–Kier alpha value is -0.690. The van der Waals surface area contributed by atoms with Crippen LogP contribution in [0.15, 0.2) is 0 Å². The fourth-order valence-corrected chi connectivity index (χ4v) is 6.52. The van der Waals surface area contributed by atoms with Crippen LogP contribution in [0.1, 0.15) is 19.8 Å². The second kappa shape index (κ2) is 6.20. The maximum absolute atomic E-state index is 12.5. The van der Waals surface area contributed by atoms with Gasteiger partial charge in [0.2, 0.25) is 10.0 Å². The highest BCUT2D eigenvalue weighted by Crippen LogP contribution is 2.23. The fourth-order valence-electron chi connectivity index (χ4n) is 2.80. The Morgan fingerprint density at radius 1 is 1.14 bits per heavy atom. The number of hydrogen-bond donors (Lipinski definition) is 0. The first-order valence-corrected chi connectivity index (χ1v) is 10.4. The summed E-state index contributed by atoms with van der Waals surface area (Å²) in [6.07, 6.45) is 0.388. The molecule has 2 heterocycles. The Balaban J connectivity index is 1.98. The molecule has 120 valence electrons. The third-order valence-corrected chi connectivity index (χ3v) is 8.40. The van der Waals surface area contributed by atoms with E-state index < -0.39 is 25.1 Å². The van der Waals surface area contributed by atoms with Crippen molar-refractivity contribution >= 4 is 19.9 Å². The van der Waals surface area contributed by atoms with Gasteiger partial charge in [0.15, 0.2) is 0 Å². The van der Waals surface area contributed by atoms with Crippen molar-refractivity contribution in [3.8, 4) is 6.07 Å². The van der Waals surface area contributed by atoms with Crippen molar-refractivity contribution in [2.45, 2.75) is 31.1 Å². The topological polar surface area (TPSA) is 98.5 Å². The number of sulfone groups is 1. The van der Waals surface area contributed by atoms with Crippen molar-refractivity contribution in [2.75, 3.05) is 37.7 Å². The lowest BCUT2D eigenvalue weighted by Crippen LogP contribution is -2.53. The standard InChI is InChI=1S/C12H21N3O4S2/c1-11(10-13)14-4-6-15(7-5-14)21(18,19)12-2-8-20(16,17)9-3-12/h11-12H,2-9H2,1H3. The van der Waals surface area contributed by atoms with Gasteiger partial charge in [0.25, 0.3) is 0 Å². The molecule has 7 nitrogen and oxygen atoms in total. The van der Waals surface area contributed by atoms with E-state index in [4.69, 9.17) is 5.26 Å². The summed E-state index contributed by atoms with van der Waals surface area (Å²) in [4.78, 5) is 1.96. The van der Waals surface area contributed by atoms with Crippen LogP contribution in [0, 0.1) is 11.3 Å². The summed E-state index contributed by atoms with van der Waals surface area (Å²) < 4.78 is 49.4. The van der Waals surface area contributed by atoms with E-state index in [1.54, 1.807) is 6.92 Å². The lowest BCUT2D eigenvalue weighted by Gasteiger charge is -2.37. The molecule has 0 bridgehead atoms. The summed E-state index contributed by atoms with van der Waals surface area (Å²) >= 11 is 0. The van der Waals surface area contributed by atoms with Crippen LogP contribution in [0.3, 0.4) is 0 Å². The molecule has 1 atom stereocenters. The zero-order valence-corrected chi connectivity index (χ0v) is 13.7. The van der Waals surface area contributed by atoms with Crippen LogP contribution in [-0.2, 0) is 19.9 Å². The number of sulfonamides is 1. The van der Waals surface area contributed by atoms with Crippen molar-refractivity contribution in [1.82, 2.24) is 9.21 Å². The van der Waals surface area contributed by atoms with Gasteiger partial charge in [-0.15, -0.1) is 0 Å². The maximum Gasteiger partial charge on any atom is 0.217 e. The van der Waals surface area contributed by atoms with Gasteiger partial charge < -0.3 is 0 Å². The van der Waals surface area contributed by atoms with Gasteiger partial charge in [-0.1, -0.05) is 0 Å². The number of rotatable bonds is 3. The molecule has 2 aliphatic rings. The highest BCUT2D eigenvalue weighted by Gasteiger charge is 2.38. The molecule has 0 saturated carbocycles. The molecule has 2 aliphatic heterocycles. The van der Waals surface area contributed by atoms with Crippen molar-refractivity contribution in [2.24, 2.45) is 0 Å². The summed E-state index contributed by atoms with van der Waals surface area (Å²) in [6, 6.07) is 1.94. The molecule has 0 aromatic carbocycles. The molecule has 1 unspecified atom stereocenters. The molecule has 21 heavy (non-hydrogen) atoms. The predicted molar refractivity (Wildman–Crippen MR) is 78.8 cm³/mol. The Morgan fingerprint density at radius 2 is 1.67 bits per heavy atom. The molecular formula is C12H21N3O4S2. The molecule has 0 spiro atoms. The van der Waals surface area contributed by atoms with Gasteiger partial charge in [-0.05, 0) is 19.8 Å². The van der Waals surface area contributed by atoms with E-state index in [0.29, 0.717) is 26.2 Å². The second-order valence-corrected chi connectivity index (χ2v) is 10.2. The number of hydrogen-bond acceptors (Lipinski definition) is 6. The van der Waals surface area contributed by atoms with E-state index in [1.165, 1.54) is 4.31 Å². The van der Waals surface area contributed by atoms with Gasteiger partial charge in [-0.3, -0.25) is 4.90 Å². The van der Waals surface area contributed by atoms with E-state index in [0.717, 1.165) is 0 Å². The van der Waals surface area contributed by atoms with Crippen LogP contribution in [0.5, 0.6) is 0 Å². The number of nitriles is 1. The minimum Gasteiger partial charge on any atom is -0.286 e. The Kier molecular flexibility index (Phi) is 4.92. The first kappa shape index (κ1) is 16.7. The minimum atomic E-state index is -3.43. The van der Waals surface area contributed by atoms with Crippen molar-refractivity contribution < 1.29 is 16.8 Å². The van der Waals surface area contributed by atoms with Crippen molar-refractivity contribution in [3.05, 3.63) is 0 Å². The van der Waals surface area contributed by atoms with Gasteiger partial charge in [0.05, 0.1) is 28.9 Å². The van der Waals surface area contributed by atoms with Gasteiger partial charge >= 0.3 is 0 Å². The Bertz CT molecular complexity index is 601. The molecule has 0 N–H and O–H groups in total. The maximum atomic E-state index is 12.5. The molecule has 2 saturated heterocycles. The second-order valence-electron chi connectivity index (χ2n) is 5.64. The zero-order valence-electron chi connectivity index (χ0n) is 12.1. The highest BCUT2D eigenvalue weighted by atomic mass is 32.2. The zero-order chi connectivity index (χ0) is 15.7. The van der Waals surface area contributed by atoms with E-state index in [9.17, 15) is 16.8 Å². The largest absolute Gasteiger partial charge is 0.286 e. The summed E-state index contributed by atoms with van der Waals surface area (Å²) in [7, 11) is -6.49. The molecule has 0 amide bonds. The summed E-state index contributed by atoms with van der Waals surface area (Å²) in [6.45, 7) is 3.63. The molecule has 2 rings (SSSR count). The Labute approximate surface area is 126 Å². The first-order chi connectivity index (χ1) is 9.76. The van der Waals surface area contributed by atoms with Gasteiger partial charge in [-0.2, -0.15) is 9.57 Å². The number of nitrogens with zero attached hydrogens (tertiary/aromatic N) is 3. The third kappa shape index (κ3) is 3.74. The quantitative estimate of drug-likeness (QED) is 0.684. The molecule has 9 heteroatoms. The van der Waals surface area contributed by atoms with Crippen LogP contribution in [0.2, 0.25) is 0 Å². The van der Waals surface area contributed by atoms with Crippen LogP contribution in [0.25, 0.3) is 0 Å². The average Bonchev–Trinajstić information content (AvgIpc) is 2.46. The molecular weight excluding hydrogens is 314 g/mol. The molecule has 0 radical (unpaired) electrons. The lowest BCUT2D eigenvalue weighted by molar-refractivity contribution is 0.168. The van der Waals surface area contributed by atoms with E-state index >= 15 is 0 Å². The molecule has 0 aliphatic carbocycles. The van der Waals surface area contributed by atoms with Crippen molar-refractivity contribution in [1.29, 1.82) is 5.26 Å². The van der Waals surface area contributed by atoms with E-state index in [-0.39, 0.29) is 30.4 Å². The normalized spacial score (nSPS) is 27.0. The SMILES string of the molecule is CC(C#N)N1CCN(S(=O)(=O)C2CCS(=O)(=O)CC2)CC1. The monoisotopic (exact) mass is 335 g/mol. The molecule has 0 aromatic heterocycles. The smallest absolute Gasteiger partial charge is 0.217 e. The summed E-state index contributed by atoms with van der Waals surface area (Å²) in [5, 5.41) is 8.30. The number of piperazine rings is 1. The summed E-state index contributed by atoms with van der Waals surface area (Å²) in [5.74, 6) is -0.0787. The van der Waals surface area contributed by atoms with Gasteiger partial charge in [0.1, 0.15) is 9.84 Å². The van der Waals surface area contributed by atoms with Crippen LogP contribution < -0.4 is 0 Å². The molecule has 0 aromatic rings. The fraction of sp³-hybridized carbons (Fsp3) is 0.917. The predicted octanol–water partition coefficient (Wildman–Crippen LogP) is -0.577. The van der Waals surface area contributed by atoms with Crippen LogP contribution >= 0.6 is 0 Å². The van der Waals surface area contributed by atoms with Crippen LogP contribution in [-0.4, -0.2) is 75.0 Å². The highest BCUT2D eigenvalue weighted by molar-refractivity contribution is 7.92. The van der Waals surface area contributed by atoms with E-state index in [1.807, 2.05) is 4.90 Å². The Morgan fingerprint density at radius 3 is 2.14 bits per heavy atom. The average molecular weight is 335 g/mol. The minimum absolute atomic E-state index is 0.0394. The lowest BCUT2D eigenvalue weighted by atomic mass is 10.2. The van der Waals surface area contributed by atoms with Crippen molar-refractivity contribution in [3.63, 3.8) is 0 Å². The van der Waals surface area contributed by atoms with E-state index in [2.05, 4.69) is 6.07 Å². The first-order valence-electron chi connectivity index (χ1n) is 7.09.